The number of rotatable bonds is 4. The van der Waals surface area contributed by atoms with Gasteiger partial charge in [0.2, 0.25) is 0 Å². The van der Waals surface area contributed by atoms with Crippen LogP contribution in [0.1, 0.15) is 0 Å². The summed E-state index contributed by atoms with van der Waals surface area (Å²) < 4.78 is 74.6. The maximum Gasteiger partial charge on any atom is 0.279 e. The first-order valence-corrected chi connectivity index (χ1v) is 8.86. The highest BCUT2D eigenvalue weighted by Gasteiger charge is 2.23. The molecule has 0 aliphatic heterocycles. The van der Waals surface area contributed by atoms with Crippen molar-refractivity contribution in [2.75, 3.05) is 4.72 Å². The molecule has 21 heavy (non-hydrogen) atoms. The number of hydrogen-bond donors (Lipinski definition) is 2. The highest BCUT2D eigenvalue weighted by Crippen LogP contribution is 2.26. The first-order valence-electron chi connectivity index (χ1n) is 5.07. The van der Waals surface area contributed by atoms with Gasteiger partial charge in [0.1, 0.15) is 5.69 Å². The van der Waals surface area contributed by atoms with Gasteiger partial charge in [-0.05, 0) is 18.2 Å². The lowest BCUT2D eigenvalue weighted by atomic mass is 10.3. The third kappa shape index (κ3) is 3.31. The van der Waals surface area contributed by atoms with Crippen LogP contribution < -0.4 is 4.72 Å². The largest absolute Gasteiger partial charge is 0.279 e. The number of anilines is 1. The molecule has 1 heterocycles. The Morgan fingerprint density at radius 1 is 1.14 bits per heavy atom. The predicted octanol–water partition coefficient (Wildman–Crippen LogP) is 1.42. The van der Waals surface area contributed by atoms with Crippen LogP contribution in [0.15, 0.2) is 34.3 Å². The van der Waals surface area contributed by atoms with Gasteiger partial charge in [0, 0.05) is 10.7 Å². The zero-order chi connectivity index (χ0) is 15.8. The van der Waals surface area contributed by atoms with Gasteiger partial charge in [-0.25, -0.2) is 17.2 Å². The van der Waals surface area contributed by atoms with Crippen molar-refractivity contribution in [1.29, 1.82) is 0 Å². The van der Waals surface area contributed by atoms with Crippen LogP contribution in [0.4, 0.5) is 14.5 Å². The Kier molecular flexibility index (Phi) is 3.91. The average Bonchev–Trinajstić information content (AvgIpc) is 2.86. The molecule has 0 amide bonds. The van der Waals surface area contributed by atoms with Crippen LogP contribution in [0.2, 0.25) is 0 Å². The number of aromatic amines is 1. The van der Waals surface area contributed by atoms with Crippen LogP contribution in [0, 0.1) is 11.6 Å². The van der Waals surface area contributed by atoms with Crippen LogP contribution >= 0.6 is 10.7 Å². The number of nitrogens with zero attached hydrogens (tertiary/aromatic N) is 1. The molecule has 114 valence electrons. The van der Waals surface area contributed by atoms with Gasteiger partial charge in [-0.2, -0.15) is 13.5 Å². The average molecular weight is 358 g/mol. The van der Waals surface area contributed by atoms with Gasteiger partial charge in [-0.3, -0.25) is 9.82 Å². The summed E-state index contributed by atoms with van der Waals surface area (Å²) in [7, 11) is -3.69. The van der Waals surface area contributed by atoms with Crippen molar-refractivity contribution in [3.05, 3.63) is 36.0 Å². The molecule has 0 saturated carbocycles. The first kappa shape index (κ1) is 15.7. The molecule has 1 aromatic heterocycles. The number of benzene rings is 1. The molecule has 0 bridgehead atoms. The van der Waals surface area contributed by atoms with E-state index in [1.165, 1.54) is 0 Å². The fraction of sp³-hybridized carbons (Fsp3) is 0. The van der Waals surface area contributed by atoms with E-state index < -0.39 is 46.3 Å². The first-order chi connectivity index (χ1) is 9.61. The van der Waals surface area contributed by atoms with Gasteiger partial charge >= 0.3 is 0 Å². The number of halogens is 3. The molecular weight excluding hydrogens is 352 g/mol. The Labute approximate surface area is 122 Å². The summed E-state index contributed by atoms with van der Waals surface area (Å²) >= 11 is 0. The fourth-order valence-corrected chi connectivity index (χ4v) is 3.11. The standard InChI is InChI=1S/C9H6ClF2N3O4S2/c10-20(16,17)5-3-6(11)9(7(12)4-5)15-21(18,19)8-1-2-13-14-8/h1-4,15H,(H,13,14). The number of H-pyrrole nitrogens is 1. The van der Waals surface area contributed by atoms with E-state index in [1.54, 1.807) is 4.72 Å². The fourth-order valence-electron chi connectivity index (χ4n) is 1.37. The maximum absolute atomic E-state index is 13.7. The molecule has 0 atom stereocenters. The number of sulfonamides is 1. The van der Waals surface area contributed by atoms with E-state index in [9.17, 15) is 25.6 Å². The summed E-state index contributed by atoms with van der Waals surface area (Å²) in [6.07, 6.45) is 1.13. The van der Waals surface area contributed by atoms with Gasteiger partial charge in [0.05, 0.1) is 11.1 Å². The van der Waals surface area contributed by atoms with E-state index in [0.717, 1.165) is 12.3 Å². The summed E-state index contributed by atoms with van der Waals surface area (Å²) in [4.78, 5) is -0.830. The Hall–Kier alpha value is -1.72. The Bertz CT molecular complexity index is 859. The highest BCUT2D eigenvalue weighted by molar-refractivity contribution is 8.13. The van der Waals surface area contributed by atoms with Crippen molar-refractivity contribution in [1.82, 2.24) is 10.2 Å². The van der Waals surface area contributed by atoms with Gasteiger partial charge in [0.15, 0.2) is 16.7 Å². The number of aromatic nitrogens is 2. The summed E-state index contributed by atoms with van der Waals surface area (Å²) in [5.41, 5.74) is -1.03. The topological polar surface area (TPSA) is 109 Å². The van der Waals surface area contributed by atoms with E-state index in [4.69, 9.17) is 10.7 Å². The molecule has 0 radical (unpaired) electrons. The van der Waals surface area contributed by atoms with Crippen LogP contribution in [-0.4, -0.2) is 27.0 Å². The molecule has 1 aromatic carbocycles. The summed E-state index contributed by atoms with van der Waals surface area (Å²) in [5, 5.41) is 5.08. The minimum atomic E-state index is -4.35. The maximum atomic E-state index is 13.7. The van der Waals surface area contributed by atoms with Gasteiger partial charge in [-0.15, -0.1) is 0 Å². The lowest BCUT2D eigenvalue weighted by molar-refractivity contribution is 0.573. The molecule has 12 heteroatoms. The minimum absolute atomic E-state index is 0.399. The van der Waals surface area contributed by atoms with E-state index in [-0.39, 0.29) is 0 Å². The zero-order valence-corrected chi connectivity index (χ0v) is 12.2. The molecule has 0 spiro atoms. The SMILES string of the molecule is O=S(=O)(Cl)c1cc(F)c(NS(=O)(=O)c2ccn[nH]2)c(F)c1. The monoisotopic (exact) mass is 357 g/mol. The number of hydrogen-bond acceptors (Lipinski definition) is 5. The van der Waals surface area contributed by atoms with Crippen molar-refractivity contribution in [2.45, 2.75) is 9.92 Å². The third-order valence-electron chi connectivity index (χ3n) is 2.30. The molecule has 7 nitrogen and oxygen atoms in total. The van der Waals surface area contributed by atoms with Gasteiger partial charge in [-0.1, -0.05) is 0 Å². The van der Waals surface area contributed by atoms with Crippen LogP contribution in [0.3, 0.4) is 0 Å². The van der Waals surface area contributed by atoms with Crippen molar-refractivity contribution in [2.24, 2.45) is 0 Å². The van der Waals surface area contributed by atoms with Crippen molar-refractivity contribution < 1.29 is 25.6 Å². The molecule has 2 aromatic rings. The summed E-state index contributed by atoms with van der Waals surface area (Å²) in [6.45, 7) is 0. The zero-order valence-electron chi connectivity index (χ0n) is 9.84. The molecule has 0 unspecified atom stereocenters. The second kappa shape index (κ2) is 5.24. The van der Waals surface area contributed by atoms with Gasteiger partial charge in [0.25, 0.3) is 19.1 Å². The molecule has 0 fully saturated rings. The van der Waals surface area contributed by atoms with Crippen molar-refractivity contribution in [3.63, 3.8) is 0 Å². The second-order valence-corrected chi connectivity index (χ2v) is 7.94. The third-order valence-corrected chi connectivity index (χ3v) is 4.91. The predicted molar refractivity (Wildman–Crippen MR) is 68.8 cm³/mol. The van der Waals surface area contributed by atoms with Gasteiger partial charge < -0.3 is 0 Å². The lowest BCUT2D eigenvalue weighted by Gasteiger charge is -2.09. The normalized spacial score (nSPS) is 12.3. The van der Waals surface area contributed by atoms with Crippen LogP contribution in [0.25, 0.3) is 0 Å². The highest BCUT2D eigenvalue weighted by atomic mass is 35.7. The molecule has 2 rings (SSSR count). The number of nitrogens with one attached hydrogen (secondary N) is 2. The molecule has 0 aliphatic carbocycles. The van der Waals surface area contributed by atoms with E-state index in [1.807, 2.05) is 0 Å². The molecule has 0 aliphatic rings. The van der Waals surface area contributed by atoms with Crippen molar-refractivity contribution in [3.8, 4) is 0 Å². The molecule has 0 saturated heterocycles. The summed E-state index contributed by atoms with van der Waals surface area (Å²) in [5.74, 6) is -2.87. The quantitative estimate of drug-likeness (QED) is 0.804. The smallest absolute Gasteiger partial charge is 0.273 e. The van der Waals surface area contributed by atoms with E-state index in [2.05, 4.69) is 10.2 Å². The molecular formula is C9H6ClF2N3O4S2. The van der Waals surface area contributed by atoms with E-state index in [0.29, 0.717) is 12.1 Å². The Morgan fingerprint density at radius 3 is 2.14 bits per heavy atom. The van der Waals surface area contributed by atoms with Crippen LogP contribution in [-0.2, 0) is 19.1 Å². The Morgan fingerprint density at radius 2 is 1.71 bits per heavy atom. The molecule has 2 N–H and O–H groups in total. The minimum Gasteiger partial charge on any atom is -0.273 e. The van der Waals surface area contributed by atoms with Crippen LogP contribution in [0.5, 0.6) is 0 Å². The van der Waals surface area contributed by atoms with E-state index >= 15 is 0 Å². The van der Waals surface area contributed by atoms with Crippen molar-refractivity contribution >= 4 is 35.4 Å². The summed E-state index contributed by atoms with van der Waals surface area (Å²) in [6, 6.07) is 1.86. The second-order valence-electron chi connectivity index (χ2n) is 3.73. The Balaban J connectivity index is 2.48. The lowest BCUT2D eigenvalue weighted by Crippen LogP contribution is -2.16.